The van der Waals surface area contributed by atoms with E-state index >= 15 is 0 Å². The van der Waals surface area contributed by atoms with Crippen LogP contribution < -0.4 is 10.1 Å². The Morgan fingerprint density at radius 1 is 1.22 bits per heavy atom. The minimum absolute atomic E-state index is 0.0773. The molecule has 2 aromatic heterocycles. The van der Waals surface area contributed by atoms with Crippen LogP contribution in [0.15, 0.2) is 48.7 Å². The van der Waals surface area contributed by atoms with Gasteiger partial charge in [-0.25, -0.2) is 0 Å². The Labute approximate surface area is 162 Å². The smallest absolute Gasteiger partial charge is 0.294 e. The Bertz CT molecular complexity index is 1010. The predicted octanol–water partition coefficient (Wildman–Crippen LogP) is 4.37. The van der Waals surface area contributed by atoms with E-state index in [1.807, 2.05) is 44.2 Å². The second kappa shape index (κ2) is 7.84. The third-order valence-electron chi connectivity index (χ3n) is 4.55. The molecule has 0 saturated carbocycles. The van der Waals surface area contributed by atoms with Crippen LogP contribution in [0.5, 0.6) is 5.75 Å². The number of nitrogens with one attached hydrogen (secondary N) is 1. The summed E-state index contributed by atoms with van der Waals surface area (Å²) in [6.45, 7) is 3.82. The van der Waals surface area contributed by atoms with Crippen molar-refractivity contribution in [1.29, 1.82) is 0 Å². The van der Waals surface area contributed by atoms with Gasteiger partial charge in [-0.3, -0.25) is 9.59 Å². The van der Waals surface area contributed by atoms with Gasteiger partial charge in [0.2, 0.25) is 0 Å². The molecule has 0 unspecified atom stereocenters. The number of aromatic nitrogens is 1. The van der Waals surface area contributed by atoms with E-state index in [1.54, 1.807) is 29.8 Å². The van der Waals surface area contributed by atoms with Crippen molar-refractivity contribution in [3.05, 3.63) is 59.4 Å². The molecule has 0 saturated heterocycles. The molecule has 5 nitrogen and oxygen atoms in total. The van der Waals surface area contributed by atoms with Gasteiger partial charge in [0, 0.05) is 23.3 Å². The molecule has 6 heteroatoms. The molecule has 140 valence electrons. The fraction of sp³-hybridized carbons (Fsp3) is 0.238. The predicted molar refractivity (Wildman–Crippen MR) is 107 cm³/mol. The first kappa shape index (κ1) is 19.0. The first-order valence-electron chi connectivity index (χ1n) is 8.75. The molecule has 0 aliphatic carbocycles. The average molecular weight is 385 g/mol. The number of hydrogen-bond acceptors (Lipinski definition) is 3. The highest BCUT2D eigenvalue weighted by atomic mass is 35.5. The molecule has 1 atom stereocenters. The number of ketones is 1. The molecule has 1 aromatic carbocycles. The fourth-order valence-electron chi connectivity index (χ4n) is 2.91. The third-order valence-corrected chi connectivity index (χ3v) is 4.85. The minimum atomic E-state index is -0.617. The van der Waals surface area contributed by atoms with E-state index in [9.17, 15) is 9.59 Å². The van der Waals surface area contributed by atoms with E-state index in [2.05, 4.69) is 5.32 Å². The van der Waals surface area contributed by atoms with Crippen LogP contribution in [-0.2, 0) is 4.79 Å². The molecule has 3 aromatic rings. The van der Waals surface area contributed by atoms with E-state index < -0.39 is 11.7 Å². The topological polar surface area (TPSA) is 59.8 Å². The summed E-state index contributed by atoms with van der Waals surface area (Å²) < 4.78 is 6.93. The Balaban J connectivity index is 2.14. The van der Waals surface area contributed by atoms with Gasteiger partial charge >= 0.3 is 0 Å². The number of pyridine rings is 1. The number of methoxy groups -OCH3 is 1. The van der Waals surface area contributed by atoms with Gasteiger partial charge in [0.25, 0.3) is 11.7 Å². The Morgan fingerprint density at radius 3 is 2.67 bits per heavy atom. The first-order chi connectivity index (χ1) is 13.0. The van der Waals surface area contributed by atoms with Gasteiger partial charge in [-0.15, -0.1) is 0 Å². The largest absolute Gasteiger partial charge is 0.495 e. The van der Waals surface area contributed by atoms with E-state index in [1.165, 1.54) is 0 Å². The molecule has 0 spiro atoms. The van der Waals surface area contributed by atoms with Crippen molar-refractivity contribution in [2.75, 3.05) is 7.11 Å². The zero-order valence-corrected chi connectivity index (χ0v) is 16.2. The summed E-state index contributed by atoms with van der Waals surface area (Å²) >= 11 is 6.26. The summed E-state index contributed by atoms with van der Waals surface area (Å²) in [6, 6.07) is 12.7. The second-order valence-electron chi connectivity index (χ2n) is 6.36. The lowest BCUT2D eigenvalue weighted by molar-refractivity contribution is -0.117. The highest BCUT2D eigenvalue weighted by molar-refractivity contribution is 6.43. The third kappa shape index (κ3) is 3.69. The maximum absolute atomic E-state index is 13.0. The molecule has 1 N–H and O–H groups in total. The maximum atomic E-state index is 13.0. The maximum Gasteiger partial charge on any atom is 0.294 e. The van der Waals surface area contributed by atoms with Crippen molar-refractivity contribution in [1.82, 2.24) is 9.72 Å². The fourth-order valence-corrected chi connectivity index (χ4v) is 3.17. The number of Topliss-reactive ketones (excluding diaryl/α,β-unsaturated/α-hetero) is 1. The second-order valence-corrected chi connectivity index (χ2v) is 6.77. The lowest BCUT2D eigenvalue weighted by atomic mass is 10.0. The van der Waals surface area contributed by atoms with Crippen molar-refractivity contribution in [2.45, 2.75) is 26.3 Å². The van der Waals surface area contributed by atoms with Crippen LogP contribution >= 0.6 is 11.6 Å². The highest BCUT2D eigenvalue weighted by Gasteiger charge is 2.25. The van der Waals surface area contributed by atoms with Gasteiger partial charge in [-0.05, 0) is 49.2 Å². The van der Waals surface area contributed by atoms with Crippen molar-refractivity contribution in [3.63, 3.8) is 0 Å². The standard InChI is InChI=1S/C21H21ClN2O3/c1-4-13(2)23-21(26)20(25)19-16(12-15-7-5-6-10-24(15)19)14-8-9-18(27-3)17(22)11-14/h5-13H,4H2,1-3H3,(H,23,26)/t13-/m0/s1. The number of ether oxygens (including phenoxy) is 1. The number of benzene rings is 1. The van der Waals surface area contributed by atoms with Crippen LogP contribution in [0, 0.1) is 0 Å². The zero-order valence-electron chi connectivity index (χ0n) is 15.5. The quantitative estimate of drug-likeness (QED) is 0.507. The summed E-state index contributed by atoms with van der Waals surface area (Å²) in [4.78, 5) is 25.5. The van der Waals surface area contributed by atoms with Crippen molar-refractivity contribution < 1.29 is 14.3 Å². The molecule has 0 aliphatic rings. The monoisotopic (exact) mass is 384 g/mol. The van der Waals surface area contributed by atoms with Crippen molar-refractivity contribution in [2.24, 2.45) is 0 Å². The number of carbonyl (C=O) groups excluding carboxylic acids is 2. The summed E-state index contributed by atoms with van der Waals surface area (Å²) in [5.41, 5.74) is 2.52. The summed E-state index contributed by atoms with van der Waals surface area (Å²) in [7, 11) is 1.54. The number of carbonyl (C=O) groups is 2. The molecule has 0 radical (unpaired) electrons. The molecule has 3 rings (SSSR count). The van der Waals surface area contributed by atoms with Crippen LogP contribution in [0.1, 0.15) is 30.8 Å². The number of amides is 1. The van der Waals surface area contributed by atoms with Crippen LogP contribution in [0.25, 0.3) is 16.6 Å². The van der Waals surface area contributed by atoms with Gasteiger partial charge in [0.15, 0.2) is 0 Å². The Hall–Kier alpha value is -2.79. The van der Waals surface area contributed by atoms with E-state index in [0.29, 0.717) is 22.0 Å². The number of fused-ring (bicyclic) bond motifs is 1. The highest BCUT2D eigenvalue weighted by Crippen LogP contribution is 2.33. The van der Waals surface area contributed by atoms with Gasteiger partial charge in [0.05, 0.1) is 12.1 Å². The molecule has 0 bridgehead atoms. The van der Waals surface area contributed by atoms with Crippen LogP contribution in [0.3, 0.4) is 0 Å². The van der Waals surface area contributed by atoms with Crippen LogP contribution in [-0.4, -0.2) is 29.2 Å². The zero-order chi connectivity index (χ0) is 19.6. The van der Waals surface area contributed by atoms with Gasteiger partial charge in [-0.1, -0.05) is 30.7 Å². The number of rotatable bonds is 6. The van der Waals surface area contributed by atoms with Gasteiger partial charge in [-0.2, -0.15) is 0 Å². The summed E-state index contributed by atoms with van der Waals surface area (Å²) in [6.07, 6.45) is 2.52. The molecule has 0 fully saturated rings. The lowest BCUT2D eigenvalue weighted by Gasteiger charge is -2.12. The summed E-state index contributed by atoms with van der Waals surface area (Å²) in [5, 5.41) is 3.18. The van der Waals surface area contributed by atoms with E-state index in [4.69, 9.17) is 16.3 Å². The number of nitrogens with zero attached hydrogens (tertiary/aromatic N) is 1. The SMILES string of the molecule is CC[C@H](C)NC(=O)C(=O)c1c(-c2ccc(OC)c(Cl)c2)cc2ccccn12. The summed E-state index contributed by atoms with van der Waals surface area (Å²) in [5.74, 6) is -0.649. The average Bonchev–Trinajstić information content (AvgIpc) is 3.06. The van der Waals surface area contributed by atoms with Crippen molar-refractivity contribution in [3.8, 4) is 16.9 Å². The molecule has 1 amide bonds. The molecule has 2 heterocycles. The lowest BCUT2D eigenvalue weighted by Crippen LogP contribution is -2.37. The molecular weight excluding hydrogens is 364 g/mol. The first-order valence-corrected chi connectivity index (χ1v) is 9.13. The van der Waals surface area contributed by atoms with Crippen LogP contribution in [0.2, 0.25) is 5.02 Å². The Kier molecular flexibility index (Phi) is 5.51. The van der Waals surface area contributed by atoms with E-state index in [0.717, 1.165) is 17.5 Å². The number of hydrogen-bond donors (Lipinski definition) is 1. The molecule has 27 heavy (non-hydrogen) atoms. The minimum Gasteiger partial charge on any atom is -0.495 e. The van der Waals surface area contributed by atoms with Gasteiger partial charge < -0.3 is 14.5 Å². The number of halogens is 1. The van der Waals surface area contributed by atoms with Gasteiger partial charge in [0.1, 0.15) is 11.4 Å². The molecule has 0 aliphatic heterocycles. The Morgan fingerprint density at radius 2 is 2.00 bits per heavy atom. The van der Waals surface area contributed by atoms with Crippen LogP contribution in [0.4, 0.5) is 0 Å². The normalized spacial score (nSPS) is 12.0. The van der Waals surface area contributed by atoms with E-state index in [-0.39, 0.29) is 6.04 Å². The van der Waals surface area contributed by atoms with Crippen molar-refractivity contribution >= 4 is 28.8 Å². The molecular formula is C21H21ClN2O3.